The molecule has 4 aromatic rings. The summed E-state index contributed by atoms with van der Waals surface area (Å²) in [5.41, 5.74) is 3.30. The van der Waals surface area contributed by atoms with Crippen LogP contribution >= 0.6 is 11.3 Å². The van der Waals surface area contributed by atoms with Gasteiger partial charge >= 0.3 is 0 Å². The standard InChI is InChI=1S/C23H20FN3OS/c24-19-10-8-18(9-11-19)16-27-21(15-20(26-27)22-7-4-14-29-22)23(28)25-13-12-17-5-2-1-3-6-17/h1-11,14-15H,12-13,16H2,(H,25,28). The number of rotatable bonds is 7. The minimum Gasteiger partial charge on any atom is -0.350 e. The van der Waals surface area contributed by atoms with Crippen molar-refractivity contribution in [3.05, 3.63) is 101 Å². The van der Waals surface area contributed by atoms with Gasteiger partial charge in [0.05, 0.1) is 11.4 Å². The molecule has 0 aliphatic heterocycles. The first-order valence-corrected chi connectivity index (χ1v) is 10.3. The minimum atomic E-state index is -0.285. The molecule has 2 aromatic carbocycles. The topological polar surface area (TPSA) is 46.9 Å². The normalized spacial score (nSPS) is 10.8. The lowest BCUT2D eigenvalue weighted by Gasteiger charge is -2.09. The number of nitrogens with one attached hydrogen (secondary N) is 1. The Hall–Kier alpha value is -3.25. The van der Waals surface area contributed by atoms with E-state index < -0.39 is 0 Å². The SMILES string of the molecule is O=C(NCCc1ccccc1)c1cc(-c2cccs2)nn1Cc1ccc(F)cc1. The van der Waals surface area contributed by atoms with Gasteiger partial charge in [0.2, 0.25) is 0 Å². The summed E-state index contributed by atoms with van der Waals surface area (Å²) in [6, 6.07) is 22.0. The quantitative estimate of drug-likeness (QED) is 0.481. The fraction of sp³-hybridized carbons (Fsp3) is 0.130. The van der Waals surface area contributed by atoms with Gasteiger partial charge in [0, 0.05) is 6.54 Å². The van der Waals surface area contributed by atoms with Gasteiger partial charge < -0.3 is 5.32 Å². The molecule has 1 amide bonds. The van der Waals surface area contributed by atoms with Crippen molar-refractivity contribution in [1.29, 1.82) is 0 Å². The number of carbonyl (C=O) groups excluding carboxylic acids is 1. The maximum absolute atomic E-state index is 13.2. The van der Waals surface area contributed by atoms with E-state index in [0.717, 1.165) is 22.6 Å². The molecular weight excluding hydrogens is 385 g/mol. The lowest BCUT2D eigenvalue weighted by Crippen LogP contribution is -2.28. The maximum atomic E-state index is 13.2. The van der Waals surface area contributed by atoms with E-state index in [1.807, 2.05) is 53.9 Å². The summed E-state index contributed by atoms with van der Waals surface area (Å²) >= 11 is 1.58. The molecule has 1 N–H and O–H groups in total. The van der Waals surface area contributed by atoms with E-state index in [4.69, 9.17) is 0 Å². The van der Waals surface area contributed by atoms with E-state index in [9.17, 15) is 9.18 Å². The van der Waals surface area contributed by atoms with Gasteiger partial charge in [-0.2, -0.15) is 5.10 Å². The average molecular weight is 405 g/mol. The van der Waals surface area contributed by atoms with E-state index in [1.54, 1.807) is 28.2 Å². The zero-order valence-electron chi connectivity index (χ0n) is 15.7. The van der Waals surface area contributed by atoms with Crippen molar-refractivity contribution in [3.63, 3.8) is 0 Å². The van der Waals surface area contributed by atoms with Gasteiger partial charge in [0.15, 0.2) is 0 Å². The number of thiophene rings is 1. The fourth-order valence-electron chi connectivity index (χ4n) is 3.08. The highest BCUT2D eigenvalue weighted by Gasteiger charge is 2.17. The number of nitrogens with zero attached hydrogens (tertiary/aromatic N) is 2. The number of aromatic nitrogens is 2. The molecule has 0 spiro atoms. The summed E-state index contributed by atoms with van der Waals surface area (Å²) in [5.74, 6) is -0.453. The summed E-state index contributed by atoms with van der Waals surface area (Å²) in [5, 5.41) is 9.60. The first-order valence-electron chi connectivity index (χ1n) is 9.37. The largest absolute Gasteiger partial charge is 0.350 e. The molecule has 4 rings (SSSR count). The molecule has 0 atom stereocenters. The monoisotopic (exact) mass is 405 g/mol. The Bertz CT molecular complexity index is 1070. The van der Waals surface area contributed by atoms with E-state index >= 15 is 0 Å². The van der Waals surface area contributed by atoms with E-state index in [-0.39, 0.29) is 11.7 Å². The van der Waals surface area contributed by atoms with Crippen molar-refractivity contribution in [3.8, 4) is 10.6 Å². The Morgan fingerprint density at radius 3 is 2.52 bits per heavy atom. The van der Waals surface area contributed by atoms with Gasteiger partial charge in [-0.05, 0) is 47.2 Å². The number of halogens is 1. The molecule has 146 valence electrons. The Balaban J connectivity index is 1.53. The molecule has 0 saturated heterocycles. The summed E-state index contributed by atoms with van der Waals surface area (Å²) in [6.07, 6.45) is 0.760. The molecule has 29 heavy (non-hydrogen) atoms. The molecule has 0 aliphatic rings. The van der Waals surface area contributed by atoms with Crippen molar-refractivity contribution in [2.45, 2.75) is 13.0 Å². The van der Waals surface area contributed by atoms with Crippen LogP contribution in [-0.2, 0) is 13.0 Å². The Morgan fingerprint density at radius 1 is 1.00 bits per heavy atom. The van der Waals surface area contributed by atoms with Crippen molar-refractivity contribution >= 4 is 17.2 Å². The van der Waals surface area contributed by atoms with Crippen LogP contribution in [0, 0.1) is 5.82 Å². The molecule has 2 heterocycles. The second-order valence-corrected chi connectivity index (χ2v) is 7.62. The molecule has 6 heteroatoms. The molecule has 4 nitrogen and oxygen atoms in total. The molecule has 0 aliphatic carbocycles. The van der Waals surface area contributed by atoms with Gasteiger partial charge in [-0.15, -0.1) is 11.3 Å². The lowest BCUT2D eigenvalue weighted by molar-refractivity contribution is 0.0944. The average Bonchev–Trinajstić information content (AvgIpc) is 3.40. The molecule has 2 aromatic heterocycles. The van der Waals surface area contributed by atoms with Crippen LogP contribution in [0.1, 0.15) is 21.6 Å². The van der Waals surface area contributed by atoms with Crippen LogP contribution in [0.3, 0.4) is 0 Å². The molecule has 0 radical (unpaired) electrons. The summed E-state index contributed by atoms with van der Waals surface area (Å²) in [4.78, 5) is 13.9. The summed E-state index contributed by atoms with van der Waals surface area (Å²) < 4.78 is 14.9. The third-order valence-electron chi connectivity index (χ3n) is 4.57. The molecular formula is C23H20FN3OS. The van der Waals surface area contributed by atoms with E-state index in [2.05, 4.69) is 10.4 Å². The zero-order chi connectivity index (χ0) is 20.1. The van der Waals surface area contributed by atoms with Crippen molar-refractivity contribution in [2.24, 2.45) is 0 Å². The predicted molar refractivity (Wildman–Crippen MR) is 114 cm³/mol. The maximum Gasteiger partial charge on any atom is 0.269 e. The van der Waals surface area contributed by atoms with Crippen molar-refractivity contribution in [1.82, 2.24) is 15.1 Å². The summed E-state index contributed by atoms with van der Waals surface area (Å²) in [7, 11) is 0. The fourth-order valence-corrected chi connectivity index (χ4v) is 3.76. The molecule has 0 unspecified atom stereocenters. The van der Waals surface area contributed by atoms with Gasteiger partial charge in [-0.25, -0.2) is 4.39 Å². The smallest absolute Gasteiger partial charge is 0.269 e. The molecule has 0 saturated carbocycles. The first-order chi connectivity index (χ1) is 14.2. The second-order valence-electron chi connectivity index (χ2n) is 6.67. The number of hydrogen-bond donors (Lipinski definition) is 1. The van der Waals surface area contributed by atoms with E-state index in [0.29, 0.717) is 18.8 Å². The van der Waals surface area contributed by atoms with Gasteiger partial charge in [-0.1, -0.05) is 48.5 Å². The Morgan fingerprint density at radius 2 is 1.79 bits per heavy atom. The van der Waals surface area contributed by atoms with Crippen LogP contribution in [0.4, 0.5) is 4.39 Å². The number of amides is 1. The third-order valence-corrected chi connectivity index (χ3v) is 5.47. The highest BCUT2D eigenvalue weighted by molar-refractivity contribution is 7.13. The Labute approximate surface area is 172 Å². The summed E-state index contributed by atoms with van der Waals surface area (Å²) in [6.45, 7) is 0.937. The van der Waals surface area contributed by atoms with Crippen LogP contribution < -0.4 is 5.32 Å². The number of carbonyl (C=O) groups is 1. The highest BCUT2D eigenvalue weighted by atomic mass is 32.1. The van der Waals surface area contributed by atoms with Gasteiger partial charge in [0.1, 0.15) is 17.2 Å². The molecule has 0 bridgehead atoms. The number of hydrogen-bond acceptors (Lipinski definition) is 3. The highest BCUT2D eigenvalue weighted by Crippen LogP contribution is 2.24. The third kappa shape index (κ3) is 4.78. The number of benzene rings is 2. The van der Waals surface area contributed by atoms with Crippen LogP contribution in [0.15, 0.2) is 78.2 Å². The molecule has 0 fully saturated rings. The van der Waals surface area contributed by atoms with Crippen LogP contribution in [0.2, 0.25) is 0 Å². The van der Waals surface area contributed by atoms with Crippen molar-refractivity contribution in [2.75, 3.05) is 6.54 Å². The van der Waals surface area contributed by atoms with Gasteiger partial charge in [0.25, 0.3) is 5.91 Å². The van der Waals surface area contributed by atoms with Crippen LogP contribution in [-0.4, -0.2) is 22.2 Å². The zero-order valence-corrected chi connectivity index (χ0v) is 16.5. The second kappa shape index (κ2) is 8.84. The predicted octanol–water partition coefficient (Wildman–Crippen LogP) is 4.77. The van der Waals surface area contributed by atoms with Gasteiger partial charge in [-0.3, -0.25) is 9.48 Å². The van der Waals surface area contributed by atoms with Crippen molar-refractivity contribution < 1.29 is 9.18 Å². The minimum absolute atomic E-state index is 0.168. The van der Waals surface area contributed by atoms with Crippen LogP contribution in [0.25, 0.3) is 10.6 Å². The van der Waals surface area contributed by atoms with E-state index in [1.165, 1.54) is 17.7 Å². The van der Waals surface area contributed by atoms with Crippen LogP contribution in [0.5, 0.6) is 0 Å². The first kappa shape index (κ1) is 19.1. The lowest BCUT2D eigenvalue weighted by atomic mass is 10.1. The Kier molecular flexibility index (Phi) is 5.81.